The summed E-state index contributed by atoms with van der Waals surface area (Å²) in [5, 5.41) is 12.3. The van der Waals surface area contributed by atoms with Crippen LogP contribution in [0.25, 0.3) is 0 Å². The van der Waals surface area contributed by atoms with Gasteiger partial charge < -0.3 is 15.2 Å². The highest BCUT2D eigenvalue weighted by Crippen LogP contribution is 2.34. The minimum atomic E-state index is -1.06. The Morgan fingerprint density at radius 2 is 2.08 bits per heavy atom. The maximum atomic E-state index is 11.8. The lowest BCUT2D eigenvalue weighted by Crippen LogP contribution is -2.41. The largest absolute Gasteiger partial charge is 0.481 e. The van der Waals surface area contributed by atoms with Gasteiger partial charge in [0.25, 0.3) is 5.91 Å². The van der Waals surface area contributed by atoms with Crippen LogP contribution in [0, 0.1) is 6.92 Å². The number of nitrogens with zero attached hydrogens (tertiary/aromatic N) is 1. The summed E-state index contributed by atoms with van der Waals surface area (Å²) in [6, 6.07) is 13.4. The smallest absolute Gasteiger partial charge is 0.323 e. The first-order valence-corrected chi connectivity index (χ1v) is 7.62. The molecule has 2 aromatic carbocycles. The second-order valence-electron chi connectivity index (χ2n) is 5.62. The number of rotatable bonds is 5. The van der Waals surface area contributed by atoms with Crippen LogP contribution in [0.4, 0.5) is 11.4 Å². The first kappa shape index (κ1) is 15.9. The van der Waals surface area contributed by atoms with Gasteiger partial charge in [-0.1, -0.05) is 24.3 Å². The first-order valence-electron chi connectivity index (χ1n) is 7.62. The molecule has 124 valence electrons. The topological polar surface area (TPSA) is 78.9 Å². The molecule has 0 unspecified atom stereocenters. The number of hydrogen-bond donors (Lipinski definition) is 2. The Morgan fingerprint density at radius 1 is 1.29 bits per heavy atom. The van der Waals surface area contributed by atoms with Crippen molar-refractivity contribution in [2.24, 2.45) is 0 Å². The van der Waals surface area contributed by atoms with Gasteiger partial charge >= 0.3 is 5.97 Å². The second-order valence-corrected chi connectivity index (χ2v) is 5.62. The number of carboxylic acids is 1. The molecule has 2 aromatic rings. The van der Waals surface area contributed by atoms with Crippen molar-refractivity contribution in [1.82, 2.24) is 0 Å². The second kappa shape index (κ2) is 6.62. The number of aryl methyl sites for hydroxylation is 1. The van der Waals surface area contributed by atoms with Crippen molar-refractivity contribution >= 4 is 23.3 Å². The summed E-state index contributed by atoms with van der Waals surface area (Å²) in [7, 11) is 0. The van der Waals surface area contributed by atoms with Crippen molar-refractivity contribution < 1.29 is 19.4 Å². The number of benzene rings is 2. The van der Waals surface area contributed by atoms with Crippen LogP contribution in [0.3, 0.4) is 0 Å². The van der Waals surface area contributed by atoms with E-state index in [4.69, 9.17) is 9.84 Å². The van der Waals surface area contributed by atoms with Crippen molar-refractivity contribution in [2.45, 2.75) is 13.5 Å². The molecule has 1 aliphatic heterocycles. The number of ether oxygens (including phenoxy) is 1. The lowest BCUT2D eigenvalue weighted by molar-refractivity contribution is -0.137. The van der Waals surface area contributed by atoms with Crippen LogP contribution in [0.1, 0.15) is 11.1 Å². The van der Waals surface area contributed by atoms with Gasteiger partial charge in [0.2, 0.25) is 0 Å². The molecule has 0 saturated heterocycles. The highest BCUT2D eigenvalue weighted by Gasteiger charge is 2.27. The lowest BCUT2D eigenvalue weighted by atomic mass is 10.1. The molecule has 0 atom stereocenters. The van der Waals surface area contributed by atoms with Gasteiger partial charge in [-0.3, -0.25) is 14.5 Å². The molecule has 3 rings (SSSR count). The highest BCUT2D eigenvalue weighted by atomic mass is 16.5. The van der Waals surface area contributed by atoms with Crippen molar-refractivity contribution in [1.29, 1.82) is 0 Å². The molecule has 1 heterocycles. The van der Waals surface area contributed by atoms with E-state index in [0.29, 0.717) is 18.0 Å². The number of anilines is 2. The summed E-state index contributed by atoms with van der Waals surface area (Å²) in [4.78, 5) is 24.0. The Balaban J connectivity index is 1.77. The molecule has 0 bridgehead atoms. The van der Waals surface area contributed by atoms with E-state index in [2.05, 4.69) is 24.4 Å². The zero-order chi connectivity index (χ0) is 17.1. The van der Waals surface area contributed by atoms with Crippen LogP contribution in [0.2, 0.25) is 0 Å². The molecule has 1 amide bonds. The number of hydrogen-bond acceptors (Lipinski definition) is 4. The van der Waals surface area contributed by atoms with Crippen LogP contribution in [0.15, 0.2) is 42.5 Å². The van der Waals surface area contributed by atoms with Crippen molar-refractivity contribution in [3.63, 3.8) is 0 Å². The molecular weight excluding hydrogens is 308 g/mol. The quantitative estimate of drug-likeness (QED) is 0.882. The van der Waals surface area contributed by atoms with Crippen LogP contribution >= 0.6 is 0 Å². The highest BCUT2D eigenvalue weighted by molar-refractivity contribution is 6.01. The van der Waals surface area contributed by atoms with Crippen molar-refractivity contribution in [3.8, 4) is 5.75 Å². The van der Waals surface area contributed by atoms with E-state index < -0.39 is 5.97 Å². The molecular formula is C18H18N2O4. The molecule has 0 radical (unpaired) electrons. The van der Waals surface area contributed by atoms with E-state index in [9.17, 15) is 9.59 Å². The molecule has 0 saturated carbocycles. The molecule has 0 spiro atoms. The van der Waals surface area contributed by atoms with Crippen LogP contribution in [-0.2, 0) is 16.1 Å². The number of aliphatic carboxylic acids is 1. The molecule has 6 nitrogen and oxygen atoms in total. The number of amides is 1. The zero-order valence-electron chi connectivity index (χ0n) is 13.3. The lowest BCUT2D eigenvalue weighted by Gasteiger charge is -2.28. The summed E-state index contributed by atoms with van der Waals surface area (Å²) in [5.41, 5.74) is 3.73. The van der Waals surface area contributed by atoms with Gasteiger partial charge in [-0.15, -0.1) is 0 Å². The summed E-state index contributed by atoms with van der Waals surface area (Å²) in [6.07, 6.45) is 0. The van der Waals surface area contributed by atoms with Gasteiger partial charge in [0.15, 0.2) is 6.61 Å². The van der Waals surface area contributed by atoms with Crippen LogP contribution < -0.4 is 15.0 Å². The summed E-state index contributed by atoms with van der Waals surface area (Å²) >= 11 is 0. The van der Waals surface area contributed by atoms with Gasteiger partial charge in [0.1, 0.15) is 12.3 Å². The molecule has 0 aliphatic carbocycles. The minimum Gasteiger partial charge on any atom is -0.481 e. The zero-order valence-corrected chi connectivity index (χ0v) is 13.3. The molecule has 2 N–H and O–H groups in total. The minimum absolute atomic E-state index is 0.151. The summed E-state index contributed by atoms with van der Waals surface area (Å²) in [5.74, 6) is -0.908. The van der Waals surface area contributed by atoms with Crippen molar-refractivity contribution in [3.05, 3.63) is 53.6 Å². The van der Waals surface area contributed by atoms with Crippen LogP contribution in [0.5, 0.6) is 5.75 Å². The summed E-state index contributed by atoms with van der Waals surface area (Å²) in [6.45, 7) is 2.21. The van der Waals surface area contributed by atoms with E-state index in [1.807, 2.05) is 18.2 Å². The Morgan fingerprint density at radius 3 is 2.83 bits per heavy atom. The molecule has 6 heteroatoms. The maximum Gasteiger partial charge on any atom is 0.323 e. The number of carboxylic acid groups (broad SMARTS) is 1. The molecule has 0 fully saturated rings. The average Bonchev–Trinajstić information content (AvgIpc) is 2.56. The average molecular weight is 326 g/mol. The van der Waals surface area contributed by atoms with Gasteiger partial charge in [0.05, 0.1) is 5.69 Å². The first-order chi connectivity index (χ1) is 11.5. The van der Waals surface area contributed by atoms with Gasteiger partial charge in [-0.2, -0.15) is 0 Å². The molecule has 1 aliphatic rings. The van der Waals surface area contributed by atoms with Crippen LogP contribution in [-0.4, -0.2) is 30.1 Å². The third-order valence-electron chi connectivity index (χ3n) is 3.94. The SMILES string of the molecule is Cc1ccccc1CNc1ccc2c(c1)OCC(=O)N2CC(=O)O. The van der Waals surface area contributed by atoms with E-state index in [1.54, 1.807) is 12.1 Å². The fraction of sp³-hybridized carbons (Fsp3) is 0.222. The number of fused-ring (bicyclic) bond motifs is 1. The van der Waals surface area contributed by atoms with Gasteiger partial charge in [-0.25, -0.2) is 0 Å². The van der Waals surface area contributed by atoms with E-state index in [0.717, 1.165) is 5.69 Å². The van der Waals surface area contributed by atoms with Gasteiger partial charge in [-0.05, 0) is 30.2 Å². The number of nitrogens with one attached hydrogen (secondary N) is 1. The fourth-order valence-electron chi connectivity index (χ4n) is 2.63. The fourth-order valence-corrected chi connectivity index (χ4v) is 2.63. The van der Waals surface area contributed by atoms with E-state index in [-0.39, 0.29) is 19.1 Å². The number of carbonyl (C=O) groups is 2. The third-order valence-corrected chi connectivity index (χ3v) is 3.94. The van der Waals surface area contributed by atoms with E-state index in [1.165, 1.54) is 16.0 Å². The van der Waals surface area contributed by atoms with E-state index >= 15 is 0 Å². The Bertz CT molecular complexity index is 788. The Labute approximate surface area is 139 Å². The monoisotopic (exact) mass is 326 g/mol. The maximum absolute atomic E-state index is 11.8. The predicted molar refractivity (Wildman–Crippen MR) is 90.4 cm³/mol. The van der Waals surface area contributed by atoms with Crippen molar-refractivity contribution in [2.75, 3.05) is 23.4 Å². The Hall–Kier alpha value is -3.02. The standard InChI is InChI=1S/C18H18N2O4/c1-12-4-2-3-5-13(12)9-19-14-6-7-15-16(8-14)24-11-17(21)20(15)10-18(22)23/h2-8,19H,9-11H2,1H3,(H,22,23). The summed E-state index contributed by atoms with van der Waals surface area (Å²) < 4.78 is 5.44. The molecule has 24 heavy (non-hydrogen) atoms. The number of carbonyl (C=O) groups excluding carboxylic acids is 1. The predicted octanol–water partition coefficient (Wildman–Crippen LogP) is 2.42. The molecule has 0 aromatic heterocycles. The Kier molecular flexibility index (Phi) is 4.37. The third kappa shape index (κ3) is 3.32. The normalized spacial score (nSPS) is 13.2. The van der Waals surface area contributed by atoms with Gasteiger partial charge in [0, 0.05) is 18.3 Å².